The smallest absolute Gasteiger partial charge is 0.271 e. The predicted molar refractivity (Wildman–Crippen MR) is 95.9 cm³/mol. The first-order chi connectivity index (χ1) is 11.9. The van der Waals surface area contributed by atoms with Crippen molar-refractivity contribution in [3.63, 3.8) is 0 Å². The zero-order chi connectivity index (χ0) is 18.4. The Morgan fingerprint density at radius 2 is 1.48 bits per heavy atom. The van der Waals surface area contributed by atoms with E-state index in [2.05, 4.69) is 16.2 Å². The van der Waals surface area contributed by atoms with Gasteiger partial charge in [0.25, 0.3) is 17.7 Å². The lowest BCUT2D eigenvalue weighted by atomic mass is 10.2. The fourth-order valence-corrected chi connectivity index (χ4v) is 2.41. The molecule has 0 aliphatic carbocycles. The molecule has 0 saturated carbocycles. The molecule has 0 unspecified atom stereocenters. The van der Waals surface area contributed by atoms with Crippen LogP contribution in [0.25, 0.3) is 0 Å². The summed E-state index contributed by atoms with van der Waals surface area (Å²) in [6.07, 6.45) is 0. The van der Waals surface area contributed by atoms with Crippen LogP contribution in [-0.2, 0) is 4.79 Å². The average Bonchev–Trinajstić information content (AvgIpc) is 2.60. The van der Waals surface area contributed by atoms with Crippen molar-refractivity contribution in [2.75, 3.05) is 6.54 Å². The number of carbonyl (C=O) groups is 3. The molecule has 0 bridgehead atoms. The van der Waals surface area contributed by atoms with Gasteiger partial charge in [-0.15, -0.1) is 0 Å². The Morgan fingerprint density at radius 3 is 2.20 bits per heavy atom. The summed E-state index contributed by atoms with van der Waals surface area (Å²) < 4.78 is 0. The van der Waals surface area contributed by atoms with Crippen LogP contribution in [0.4, 0.5) is 0 Å². The normalized spacial score (nSPS) is 10.0. The molecule has 0 aliphatic rings. The molecule has 9 heteroatoms. The summed E-state index contributed by atoms with van der Waals surface area (Å²) in [6, 6.07) is 10.8. The van der Waals surface area contributed by atoms with Crippen LogP contribution >= 0.6 is 34.8 Å². The summed E-state index contributed by atoms with van der Waals surface area (Å²) in [6.45, 7) is -0.354. The zero-order valence-electron chi connectivity index (χ0n) is 12.6. The van der Waals surface area contributed by atoms with Crippen LogP contribution < -0.4 is 16.2 Å². The largest absolute Gasteiger partial charge is 0.343 e. The minimum atomic E-state index is -0.640. The fourth-order valence-electron chi connectivity index (χ4n) is 1.81. The van der Waals surface area contributed by atoms with E-state index in [1.807, 2.05) is 0 Å². The van der Waals surface area contributed by atoms with Gasteiger partial charge in [0, 0.05) is 5.02 Å². The molecule has 0 radical (unpaired) electrons. The van der Waals surface area contributed by atoms with Gasteiger partial charge in [-0.3, -0.25) is 25.2 Å². The van der Waals surface area contributed by atoms with E-state index in [1.165, 1.54) is 24.3 Å². The van der Waals surface area contributed by atoms with Crippen LogP contribution in [0, 0.1) is 0 Å². The molecule has 0 spiro atoms. The van der Waals surface area contributed by atoms with E-state index in [0.29, 0.717) is 5.02 Å². The number of halogens is 3. The number of benzene rings is 2. The number of nitrogens with one attached hydrogen (secondary N) is 3. The molecule has 6 nitrogen and oxygen atoms in total. The second-order valence-electron chi connectivity index (χ2n) is 4.79. The van der Waals surface area contributed by atoms with E-state index in [4.69, 9.17) is 34.8 Å². The van der Waals surface area contributed by atoms with Gasteiger partial charge in [0.15, 0.2) is 0 Å². The zero-order valence-corrected chi connectivity index (χ0v) is 14.9. The van der Waals surface area contributed by atoms with Gasteiger partial charge in [-0.2, -0.15) is 0 Å². The van der Waals surface area contributed by atoms with E-state index in [9.17, 15) is 14.4 Å². The van der Waals surface area contributed by atoms with Gasteiger partial charge in [0.2, 0.25) is 0 Å². The van der Waals surface area contributed by atoms with Gasteiger partial charge < -0.3 is 5.32 Å². The number of rotatable bonds is 4. The van der Waals surface area contributed by atoms with E-state index >= 15 is 0 Å². The van der Waals surface area contributed by atoms with Crippen molar-refractivity contribution in [1.29, 1.82) is 0 Å². The van der Waals surface area contributed by atoms with Crippen LogP contribution in [0.15, 0.2) is 42.5 Å². The standard InChI is InChI=1S/C16H12Cl3N3O3/c17-9-5-6-13(19)11(7-9)16(25)22-21-14(23)8-20-15(24)10-3-1-2-4-12(10)18/h1-7H,8H2,(H,20,24)(H,21,23)(H,22,25). The maximum Gasteiger partial charge on any atom is 0.271 e. The Hall–Kier alpha value is -2.28. The van der Waals surface area contributed by atoms with Crippen LogP contribution in [0.1, 0.15) is 20.7 Å². The molecular formula is C16H12Cl3N3O3. The first kappa shape index (κ1) is 19.1. The highest BCUT2D eigenvalue weighted by molar-refractivity contribution is 6.35. The summed E-state index contributed by atoms with van der Waals surface area (Å²) in [4.78, 5) is 35.6. The second-order valence-corrected chi connectivity index (χ2v) is 6.04. The van der Waals surface area contributed by atoms with Crippen molar-refractivity contribution >= 4 is 52.5 Å². The quantitative estimate of drug-likeness (QED) is 0.690. The number of hydrogen-bond acceptors (Lipinski definition) is 3. The molecule has 0 aliphatic heterocycles. The van der Waals surface area contributed by atoms with Crippen molar-refractivity contribution in [3.8, 4) is 0 Å². The van der Waals surface area contributed by atoms with E-state index in [0.717, 1.165) is 0 Å². The van der Waals surface area contributed by atoms with E-state index in [-0.39, 0.29) is 27.7 Å². The van der Waals surface area contributed by atoms with Gasteiger partial charge >= 0.3 is 0 Å². The van der Waals surface area contributed by atoms with Crippen molar-refractivity contribution in [3.05, 3.63) is 68.7 Å². The average molecular weight is 401 g/mol. The van der Waals surface area contributed by atoms with Crippen LogP contribution in [0.5, 0.6) is 0 Å². The van der Waals surface area contributed by atoms with E-state index in [1.54, 1.807) is 18.2 Å². The molecule has 3 amide bonds. The summed E-state index contributed by atoms with van der Waals surface area (Å²) in [7, 11) is 0. The number of carbonyl (C=O) groups excluding carboxylic acids is 3. The van der Waals surface area contributed by atoms with Gasteiger partial charge in [-0.25, -0.2) is 0 Å². The highest BCUT2D eigenvalue weighted by atomic mass is 35.5. The third-order valence-corrected chi connectivity index (χ3v) is 3.91. The van der Waals surface area contributed by atoms with Crippen LogP contribution in [0.2, 0.25) is 15.1 Å². The summed E-state index contributed by atoms with van der Waals surface area (Å²) in [5, 5.41) is 3.17. The highest BCUT2D eigenvalue weighted by Gasteiger charge is 2.13. The molecular weight excluding hydrogens is 389 g/mol. The highest BCUT2D eigenvalue weighted by Crippen LogP contribution is 2.20. The molecule has 2 aromatic rings. The lowest BCUT2D eigenvalue weighted by Crippen LogP contribution is -2.46. The molecule has 0 atom stereocenters. The fraction of sp³-hybridized carbons (Fsp3) is 0.0625. The van der Waals surface area contributed by atoms with Gasteiger partial charge in [0.05, 0.1) is 27.7 Å². The van der Waals surface area contributed by atoms with Gasteiger partial charge in [-0.1, -0.05) is 46.9 Å². The van der Waals surface area contributed by atoms with Crippen molar-refractivity contribution < 1.29 is 14.4 Å². The lowest BCUT2D eigenvalue weighted by Gasteiger charge is -2.10. The van der Waals surface area contributed by atoms with Crippen molar-refractivity contribution in [2.45, 2.75) is 0 Å². The summed E-state index contributed by atoms with van der Waals surface area (Å²) in [5.74, 6) is -1.78. The Morgan fingerprint density at radius 1 is 0.800 bits per heavy atom. The maximum atomic E-state index is 12.0. The maximum absolute atomic E-state index is 12.0. The van der Waals surface area contributed by atoms with Crippen LogP contribution in [-0.4, -0.2) is 24.3 Å². The van der Waals surface area contributed by atoms with Gasteiger partial charge in [0.1, 0.15) is 0 Å². The Balaban J connectivity index is 1.85. The Labute approximate surface area is 158 Å². The van der Waals surface area contributed by atoms with E-state index < -0.39 is 17.7 Å². The molecule has 0 aromatic heterocycles. The minimum absolute atomic E-state index is 0.106. The van der Waals surface area contributed by atoms with Crippen molar-refractivity contribution in [2.24, 2.45) is 0 Å². The Kier molecular flexibility index (Phi) is 6.64. The van der Waals surface area contributed by atoms with Crippen molar-refractivity contribution in [1.82, 2.24) is 16.2 Å². The molecule has 3 N–H and O–H groups in total. The Bertz CT molecular complexity index is 827. The molecule has 0 fully saturated rings. The molecule has 25 heavy (non-hydrogen) atoms. The topological polar surface area (TPSA) is 87.3 Å². The molecule has 2 aromatic carbocycles. The molecule has 0 heterocycles. The molecule has 130 valence electrons. The first-order valence-electron chi connectivity index (χ1n) is 6.95. The predicted octanol–water partition coefficient (Wildman–Crippen LogP) is 2.84. The second kappa shape index (κ2) is 8.71. The lowest BCUT2D eigenvalue weighted by molar-refractivity contribution is -0.120. The molecule has 0 saturated heterocycles. The number of amides is 3. The first-order valence-corrected chi connectivity index (χ1v) is 8.09. The SMILES string of the molecule is O=C(CNC(=O)c1ccccc1Cl)NNC(=O)c1cc(Cl)ccc1Cl. The third-order valence-electron chi connectivity index (χ3n) is 3.02. The minimum Gasteiger partial charge on any atom is -0.343 e. The number of hydrogen-bond donors (Lipinski definition) is 3. The summed E-state index contributed by atoms with van der Waals surface area (Å²) in [5.41, 5.74) is 4.69. The summed E-state index contributed by atoms with van der Waals surface area (Å²) >= 11 is 17.6. The van der Waals surface area contributed by atoms with Gasteiger partial charge in [-0.05, 0) is 30.3 Å². The van der Waals surface area contributed by atoms with Crippen LogP contribution in [0.3, 0.4) is 0 Å². The number of hydrazine groups is 1. The monoisotopic (exact) mass is 399 g/mol. The molecule has 2 rings (SSSR count). The third kappa shape index (κ3) is 5.35.